The zero-order valence-electron chi connectivity index (χ0n) is 10.2. The topological polar surface area (TPSA) is 35.5 Å². The molecule has 0 amide bonds. The summed E-state index contributed by atoms with van der Waals surface area (Å²) in [6.07, 6.45) is 3.32. The molecule has 0 saturated heterocycles. The van der Waals surface area contributed by atoms with Crippen LogP contribution in [0.25, 0.3) is 0 Å². The summed E-state index contributed by atoms with van der Waals surface area (Å²) in [5, 5.41) is 0. The number of esters is 1. The average Bonchev–Trinajstić information content (AvgIpc) is 2.25. The molecule has 2 heterocycles. The van der Waals surface area contributed by atoms with Crippen LogP contribution in [0.4, 0.5) is 0 Å². The molecule has 1 aromatic carbocycles. The number of aryl methyl sites for hydroxylation is 2. The highest BCUT2D eigenvalue weighted by Crippen LogP contribution is 2.39. The first-order chi connectivity index (χ1) is 8.03. The van der Waals surface area contributed by atoms with Crippen molar-refractivity contribution in [1.82, 2.24) is 0 Å². The molecule has 0 fully saturated rings. The van der Waals surface area contributed by atoms with E-state index in [2.05, 4.69) is 19.9 Å². The number of carbonyl (C=O) groups is 1. The van der Waals surface area contributed by atoms with Crippen LogP contribution in [0.15, 0.2) is 12.1 Å². The van der Waals surface area contributed by atoms with E-state index in [4.69, 9.17) is 9.47 Å². The van der Waals surface area contributed by atoms with E-state index in [1.807, 2.05) is 6.07 Å². The van der Waals surface area contributed by atoms with Crippen LogP contribution in [0.3, 0.4) is 0 Å². The molecular formula is C14H16O3. The molecule has 3 rings (SSSR count). The Morgan fingerprint density at radius 1 is 1.06 bits per heavy atom. The van der Waals surface area contributed by atoms with Gasteiger partial charge < -0.3 is 9.47 Å². The molecule has 0 saturated carbocycles. The predicted molar refractivity (Wildman–Crippen MR) is 63.4 cm³/mol. The normalized spacial score (nSPS) is 20.9. The third-order valence-electron chi connectivity index (χ3n) is 3.45. The Bertz CT molecular complexity index is 488. The maximum Gasteiger partial charge on any atom is 0.311 e. The maximum atomic E-state index is 11.3. The minimum Gasteiger partial charge on any atom is -0.487 e. The molecule has 1 aromatic rings. The van der Waals surface area contributed by atoms with Gasteiger partial charge in [0.05, 0.1) is 6.42 Å². The Kier molecular flexibility index (Phi) is 2.18. The molecule has 0 aliphatic carbocycles. The van der Waals surface area contributed by atoms with E-state index in [9.17, 15) is 4.79 Å². The summed E-state index contributed by atoms with van der Waals surface area (Å²) in [6.45, 7) is 4.17. The van der Waals surface area contributed by atoms with Crippen molar-refractivity contribution < 1.29 is 14.3 Å². The first kappa shape index (κ1) is 10.6. The number of carbonyl (C=O) groups excluding carboxylic acids is 1. The highest BCUT2D eigenvalue weighted by Gasteiger charge is 2.29. The van der Waals surface area contributed by atoms with Gasteiger partial charge in [0, 0.05) is 6.07 Å². The van der Waals surface area contributed by atoms with Gasteiger partial charge in [0.25, 0.3) is 0 Å². The second kappa shape index (κ2) is 3.49. The van der Waals surface area contributed by atoms with Gasteiger partial charge in [-0.2, -0.15) is 0 Å². The summed E-state index contributed by atoms with van der Waals surface area (Å²) in [4.78, 5) is 11.3. The molecule has 0 aromatic heterocycles. The van der Waals surface area contributed by atoms with Crippen molar-refractivity contribution in [2.45, 2.75) is 45.1 Å². The lowest BCUT2D eigenvalue weighted by molar-refractivity contribution is -0.135. The Hall–Kier alpha value is -1.51. The lowest BCUT2D eigenvalue weighted by atomic mass is 9.92. The fraction of sp³-hybridized carbons (Fsp3) is 0.500. The average molecular weight is 232 g/mol. The fourth-order valence-electron chi connectivity index (χ4n) is 2.43. The van der Waals surface area contributed by atoms with Crippen LogP contribution in [0.2, 0.25) is 0 Å². The second-order valence-corrected chi connectivity index (χ2v) is 5.40. The number of benzene rings is 1. The van der Waals surface area contributed by atoms with Gasteiger partial charge in [0.1, 0.15) is 17.1 Å². The summed E-state index contributed by atoms with van der Waals surface area (Å²) in [6, 6.07) is 4.01. The van der Waals surface area contributed by atoms with Crippen molar-refractivity contribution in [3.8, 4) is 11.5 Å². The van der Waals surface area contributed by atoms with E-state index in [0.29, 0.717) is 12.2 Å². The lowest BCUT2D eigenvalue weighted by Crippen LogP contribution is -2.32. The first-order valence-corrected chi connectivity index (χ1v) is 6.09. The first-order valence-electron chi connectivity index (χ1n) is 6.09. The largest absolute Gasteiger partial charge is 0.487 e. The van der Waals surface area contributed by atoms with Gasteiger partial charge in [-0.1, -0.05) is 0 Å². The molecule has 0 atom stereocenters. The molecule has 3 nitrogen and oxygen atoms in total. The van der Waals surface area contributed by atoms with Crippen LogP contribution in [0.5, 0.6) is 11.5 Å². The Morgan fingerprint density at radius 2 is 1.82 bits per heavy atom. The van der Waals surface area contributed by atoms with Crippen LogP contribution in [-0.4, -0.2) is 11.6 Å². The van der Waals surface area contributed by atoms with Crippen LogP contribution >= 0.6 is 0 Å². The highest BCUT2D eigenvalue weighted by molar-refractivity contribution is 5.75. The maximum absolute atomic E-state index is 11.3. The third-order valence-corrected chi connectivity index (χ3v) is 3.45. The fourth-order valence-corrected chi connectivity index (χ4v) is 2.43. The number of fused-ring (bicyclic) bond motifs is 2. The van der Waals surface area contributed by atoms with Crippen molar-refractivity contribution in [2.75, 3.05) is 0 Å². The SMILES string of the molecule is CC1(C)CCc2cc3c(cc2O1)OC(=O)CC3. The van der Waals surface area contributed by atoms with E-state index in [-0.39, 0.29) is 11.6 Å². The number of ether oxygens (including phenoxy) is 2. The van der Waals surface area contributed by atoms with Gasteiger partial charge in [-0.25, -0.2) is 0 Å². The lowest BCUT2D eigenvalue weighted by Gasteiger charge is -2.33. The quantitative estimate of drug-likeness (QED) is 0.509. The van der Waals surface area contributed by atoms with Crippen LogP contribution < -0.4 is 9.47 Å². The molecule has 0 radical (unpaired) electrons. The van der Waals surface area contributed by atoms with Crippen molar-refractivity contribution in [3.05, 3.63) is 23.3 Å². The van der Waals surface area contributed by atoms with Gasteiger partial charge in [0.15, 0.2) is 0 Å². The van der Waals surface area contributed by atoms with Crippen molar-refractivity contribution in [2.24, 2.45) is 0 Å². The van der Waals surface area contributed by atoms with Crippen LogP contribution in [0, 0.1) is 0 Å². The molecule has 0 bridgehead atoms. The monoisotopic (exact) mass is 232 g/mol. The van der Waals surface area contributed by atoms with E-state index >= 15 is 0 Å². The zero-order chi connectivity index (χ0) is 12.0. The summed E-state index contributed by atoms with van der Waals surface area (Å²) in [5.41, 5.74) is 2.24. The van der Waals surface area contributed by atoms with Crippen molar-refractivity contribution >= 4 is 5.97 Å². The van der Waals surface area contributed by atoms with Crippen molar-refractivity contribution in [1.29, 1.82) is 0 Å². The molecule has 17 heavy (non-hydrogen) atoms. The van der Waals surface area contributed by atoms with E-state index in [1.54, 1.807) is 0 Å². The molecule has 0 unspecified atom stereocenters. The molecule has 3 heteroatoms. The second-order valence-electron chi connectivity index (χ2n) is 5.40. The highest BCUT2D eigenvalue weighted by atomic mass is 16.5. The number of hydrogen-bond acceptors (Lipinski definition) is 3. The molecule has 2 aliphatic rings. The smallest absolute Gasteiger partial charge is 0.311 e. The van der Waals surface area contributed by atoms with Crippen molar-refractivity contribution in [3.63, 3.8) is 0 Å². The minimum absolute atomic E-state index is 0.125. The summed E-state index contributed by atoms with van der Waals surface area (Å²) < 4.78 is 11.2. The van der Waals surface area contributed by atoms with Crippen LogP contribution in [0.1, 0.15) is 37.8 Å². The van der Waals surface area contributed by atoms with Crippen LogP contribution in [-0.2, 0) is 17.6 Å². The Labute approximate surface area is 101 Å². The van der Waals surface area contributed by atoms with Gasteiger partial charge >= 0.3 is 5.97 Å². The third kappa shape index (κ3) is 1.90. The zero-order valence-corrected chi connectivity index (χ0v) is 10.2. The van der Waals surface area contributed by atoms with Gasteiger partial charge in [-0.15, -0.1) is 0 Å². The molecule has 90 valence electrons. The molecule has 0 N–H and O–H groups in total. The minimum atomic E-state index is -0.146. The van der Waals surface area contributed by atoms with E-state index in [0.717, 1.165) is 30.6 Å². The summed E-state index contributed by atoms with van der Waals surface area (Å²) in [7, 11) is 0. The standard InChI is InChI=1S/C14H16O3/c1-14(2)6-5-10-7-9-3-4-13(15)16-11(9)8-12(10)17-14/h7-8H,3-6H2,1-2H3. The molecule has 0 spiro atoms. The predicted octanol–water partition coefficient (Wildman–Crippen LogP) is 2.64. The van der Waals surface area contributed by atoms with E-state index in [1.165, 1.54) is 5.56 Å². The Morgan fingerprint density at radius 3 is 2.65 bits per heavy atom. The molecular weight excluding hydrogens is 216 g/mol. The van der Waals surface area contributed by atoms with Gasteiger partial charge in [-0.05, 0) is 50.3 Å². The molecule has 2 aliphatic heterocycles. The summed E-state index contributed by atoms with van der Waals surface area (Å²) >= 11 is 0. The van der Waals surface area contributed by atoms with Gasteiger partial charge in [-0.3, -0.25) is 4.79 Å². The summed E-state index contributed by atoms with van der Waals surface area (Å²) in [5.74, 6) is 1.40. The van der Waals surface area contributed by atoms with E-state index < -0.39 is 0 Å². The number of rotatable bonds is 0. The Balaban J connectivity index is 2.02. The van der Waals surface area contributed by atoms with Gasteiger partial charge in [0.2, 0.25) is 0 Å². The number of hydrogen-bond donors (Lipinski definition) is 0.